The number of hydrogen-bond donors (Lipinski definition) is 1. The molecule has 106 valence electrons. The van der Waals surface area contributed by atoms with Gasteiger partial charge in [0.2, 0.25) is 0 Å². The molecule has 5 heteroatoms. The van der Waals surface area contributed by atoms with Gasteiger partial charge in [-0.25, -0.2) is 4.39 Å². The van der Waals surface area contributed by atoms with Crippen LogP contribution in [-0.2, 0) is 0 Å². The first-order chi connectivity index (χ1) is 9.02. The highest BCUT2D eigenvalue weighted by atomic mass is 19.1. The standard InChI is InChI=1S/C14H22FN3O/c1-17(2)9-10-5-4-6-18(10)13-8-14(19-3)12(16)7-11(13)15/h7-8,10H,4-6,9,16H2,1-3H3. The molecule has 2 N–H and O–H groups in total. The van der Waals surface area contributed by atoms with Gasteiger partial charge in [-0.1, -0.05) is 0 Å². The number of benzene rings is 1. The van der Waals surface area contributed by atoms with Gasteiger partial charge in [0.05, 0.1) is 18.5 Å². The summed E-state index contributed by atoms with van der Waals surface area (Å²) in [7, 11) is 5.63. The van der Waals surface area contributed by atoms with E-state index in [4.69, 9.17) is 10.5 Å². The number of nitrogen functional groups attached to an aromatic ring is 1. The van der Waals surface area contributed by atoms with Crippen molar-refractivity contribution in [2.75, 3.05) is 44.9 Å². The number of likely N-dealkylation sites (N-methyl/N-ethyl adjacent to an activating group) is 1. The fourth-order valence-corrected chi connectivity index (χ4v) is 2.72. The van der Waals surface area contributed by atoms with Gasteiger partial charge in [-0.05, 0) is 26.9 Å². The Hall–Kier alpha value is -1.49. The Bertz CT molecular complexity index is 451. The Kier molecular flexibility index (Phi) is 4.14. The molecule has 0 saturated carbocycles. The summed E-state index contributed by atoms with van der Waals surface area (Å²) in [5, 5.41) is 0. The fourth-order valence-electron chi connectivity index (χ4n) is 2.72. The molecule has 0 aliphatic carbocycles. The summed E-state index contributed by atoms with van der Waals surface area (Å²) in [6.45, 7) is 1.80. The second-order valence-corrected chi connectivity index (χ2v) is 5.30. The van der Waals surface area contributed by atoms with Gasteiger partial charge >= 0.3 is 0 Å². The monoisotopic (exact) mass is 267 g/mol. The van der Waals surface area contributed by atoms with Gasteiger partial charge in [-0.15, -0.1) is 0 Å². The molecule has 0 aromatic heterocycles. The third-order valence-electron chi connectivity index (χ3n) is 3.56. The Morgan fingerprint density at radius 2 is 2.21 bits per heavy atom. The van der Waals surface area contributed by atoms with Crippen molar-refractivity contribution in [3.8, 4) is 5.75 Å². The Balaban J connectivity index is 2.29. The minimum Gasteiger partial charge on any atom is -0.495 e. The van der Waals surface area contributed by atoms with Crippen LogP contribution < -0.4 is 15.4 Å². The Morgan fingerprint density at radius 3 is 2.84 bits per heavy atom. The van der Waals surface area contributed by atoms with Crippen LogP contribution in [0.5, 0.6) is 5.75 Å². The first-order valence-corrected chi connectivity index (χ1v) is 6.57. The third-order valence-corrected chi connectivity index (χ3v) is 3.56. The summed E-state index contributed by atoms with van der Waals surface area (Å²) in [6.07, 6.45) is 2.18. The molecule has 1 aromatic rings. The smallest absolute Gasteiger partial charge is 0.148 e. The average molecular weight is 267 g/mol. The molecule has 19 heavy (non-hydrogen) atoms. The lowest BCUT2D eigenvalue weighted by Gasteiger charge is -2.29. The Morgan fingerprint density at radius 1 is 1.47 bits per heavy atom. The van der Waals surface area contributed by atoms with Crippen LogP contribution in [0.2, 0.25) is 0 Å². The van der Waals surface area contributed by atoms with Crippen LogP contribution in [0, 0.1) is 5.82 Å². The van der Waals surface area contributed by atoms with Gasteiger partial charge in [-0.3, -0.25) is 0 Å². The van der Waals surface area contributed by atoms with Crippen molar-refractivity contribution in [2.24, 2.45) is 0 Å². The van der Waals surface area contributed by atoms with Crippen molar-refractivity contribution in [2.45, 2.75) is 18.9 Å². The summed E-state index contributed by atoms with van der Waals surface area (Å²) in [4.78, 5) is 4.26. The molecule has 1 aromatic carbocycles. The molecule has 1 heterocycles. The van der Waals surface area contributed by atoms with Crippen molar-refractivity contribution < 1.29 is 9.13 Å². The van der Waals surface area contributed by atoms with Crippen molar-refractivity contribution in [1.82, 2.24) is 4.90 Å². The van der Waals surface area contributed by atoms with Gasteiger partial charge in [0.25, 0.3) is 0 Å². The quantitative estimate of drug-likeness (QED) is 0.847. The lowest BCUT2D eigenvalue weighted by Crippen LogP contribution is -2.38. The van der Waals surface area contributed by atoms with Gasteiger partial charge in [0.15, 0.2) is 0 Å². The maximum Gasteiger partial charge on any atom is 0.148 e. The predicted octanol–water partition coefficient (Wildman–Crippen LogP) is 1.95. The minimum absolute atomic E-state index is 0.274. The molecule has 1 unspecified atom stereocenters. The molecule has 0 spiro atoms. The first-order valence-electron chi connectivity index (χ1n) is 6.57. The zero-order valence-electron chi connectivity index (χ0n) is 11.8. The number of hydrogen-bond acceptors (Lipinski definition) is 4. The number of ether oxygens (including phenoxy) is 1. The van der Waals surface area contributed by atoms with E-state index in [9.17, 15) is 4.39 Å². The number of halogens is 1. The van der Waals surface area contributed by atoms with E-state index in [-0.39, 0.29) is 5.82 Å². The fraction of sp³-hybridized carbons (Fsp3) is 0.571. The predicted molar refractivity (Wildman–Crippen MR) is 76.3 cm³/mol. The minimum atomic E-state index is -0.274. The van der Waals surface area contributed by atoms with Crippen LogP contribution in [0.3, 0.4) is 0 Å². The van der Waals surface area contributed by atoms with Crippen molar-refractivity contribution in [1.29, 1.82) is 0 Å². The molecule has 0 bridgehead atoms. The van der Waals surface area contributed by atoms with E-state index >= 15 is 0 Å². The Labute approximate surface area is 113 Å². The molecule has 4 nitrogen and oxygen atoms in total. The molecule has 2 rings (SSSR count). The molecular weight excluding hydrogens is 245 g/mol. The van der Waals surface area contributed by atoms with Crippen LogP contribution in [0.4, 0.5) is 15.8 Å². The molecule has 1 aliphatic heterocycles. The molecular formula is C14H22FN3O. The zero-order chi connectivity index (χ0) is 14.0. The summed E-state index contributed by atoms with van der Waals surface area (Å²) in [5.41, 5.74) is 6.66. The van der Waals surface area contributed by atoms with E-state index in [1.165, 1.54) is 6.07 Å². The molecule has 0 amide bonds. The van der Waals surface area contributed by atoms with Crippen LogP contribution in [0.25, 0.3) is 0 Å². The molecule has 0 radical (unpaired) electrons. The van der Waals surface area contributed by atoms with Gasteiger partial charge in [0, 0.05) is 31.3 Å². The molecule has 1 fully saturated rings. The normalized spacial score (nSPS) is 19.2. The zero-order valence-corrected chi connectivity index (χ0v) is 11.8. The maximum atomic E-state index is 14.1. The van der Waals surface area contributed by atoms with E-state index < -0.39 is 0 Å². The maximum absolute atomic E-state index is 14.1. The van der Waals surface area contributed by atoms with Gasteiger partial charge in [0.1, 0.15) is 11.6 Å². The molecule has 1 saturated heterocycles. The van der Waals surface area contributed by atoms with Gasteiger partial charge < -0.3 is 20.3 Å². The number of nitrogens with two attached hydrogens (primary N) is 1. The largest absolute Gasteiger partial charge is 0.495 e. The van der Waals surface area contributed by atoms with Gasteiger partial charge in [-0.2, -0.15) is 0 Å². The van der Waals surface area contributed by atoms with E-state index in [0.29, 0.717) is 23.2 Å². The highest BCUT2D eigenvalue weighted by molar-refractivity contribution is 5.64. The number of anilines is 2. The van der Waals surface area contributed by atoms with Crippen LogP contribution in [0.1, 0.15) is 12.8 Å². The highest BCUT2D eigenvalue weighted by Crippen LogP contribution is 2.34. The van der Waals surface area contributed by atoms with Crippen LogP contribution >= 0.6 is 0 Å². The lowest BCUT2D eigenvalue weighted by molar-refractivity contribution is 0.370. The van der Waals surface area contributed by atoms with E-state index in [1.807, 2.05) is 14.1 Å². The average Bonchev–Trinajstić information content (AvgIpc) is 2.76. The second-order valence-electron chi connectivity index (χ2n) is 5.30. The summed E-state index contributed by atoms with van der Waals surface area (Å²) < 4.78 is 19.3. The van der Waals surface area contributed by atoms with Crippen molar-refractivity contribution in [3.05, 3.63) is 17.9 Å². The SMILES string of the molecule is COc1cc(N2CCCC2CN(C)C)c(F)cc1N. The van der Waals surface area contributed by atoms with E-state index in [0.717, 1.165) is 25.9 Å². The number of nitrogens with zero attached hydrogens (tertiary/aromatic N) is 2. The van der Waals surface area contributed by atoms with E-state index in [1.54, 1.807) is 13.2 Å². The summed E-state index contributed by atoms with van der Waals surface area (Å²) >= 11 is 0. The molecule has 1 atom stereocenters. The van der Waals surface area contributed by atoms with Crippen LogP contribution in [-0.4, -0.2) is 45.2 Å². The topological polar surface area (TPSA) is 41.7 Å². The summed E-state index contributed by atoms with van der Waals surface area (Å²) in [6, 6.07) is 3.40. The second kappa shape index (κ2) is 5.65. The third kappa shape index (κ3) is 2.92. The van der Waals surface area contributed by atoms with Crippen LogP contribution in [0.15, 0.2) is 12.1 Å². The number of methoxy groups -OCH3 is 1. The summed E-state index contributed by atoms with van der Waals surface area (Å²) in [5.74, 6) is 0.260. The van der Waals surface area contributed by atoms with Crippen molar-refractivity contribution in [3.63, 3.8) is 0 Å². The number of rotatable bonds is 4. The van der Waals surface area contributed by atoms with Crippen molar-refractivity contribution >= 4 is 11.4 Å². The lowest BCUT2D eigenvalue weighted by atomic mass is 10.2. The first kappa shape index (κ1) is 13.9. The highest BCUT2D eigenvalue weighted by Gasteiger charge is 2.27. The van der Waals surface area contributed by atoms with E-state index in [2.05, 4.69) is 9.80 Å². The molecule has 1 aliphatic rings.